The van der Waals surface area contributed by atoms with Crippen molar-refractivity contribution in [2.24, 2.45) is 5.41 Å². The molecule has 1 N–H and O–H groups in total. The fourth-order valence-corrected chi connectivity index (χ4v) is 4.44. The van der Waals surface area contributed by atoms with E-state index in [9.17, 15) is 0 Å². The third kappa shape index (κ3) is 2.76. The van der Waals surface area contributed by atoms with Crippen LogP contribution >= 0.6 is 0 Å². The minimum atomic E-state index is 0.360. The Morgan fingerprint density at radius 1 is 1.35 bits per heavy atom. The first-order valence-corrected chi connectivity index (χ1v) is 8.40. The van der Waals surface area contributed by atoms with Crippen molar-refractivity contribution in [2.45, 2.75) is 57.3 Å². The van der Waals surface area contributed by atoms with Crippen molar-refractivity contribution in [3.8, 4) is 0 Å². The van der Waals surface area contributed by atoms with Crippen LogP contribution in [-0.4, -0.2) is 63.0 Å². The van der Waals surface area contributed by atoms with E-state index in [0.29, 0.717) is 23.7 Å². The average molecular weight is 282 g/mol. The van der Waals surface area contributed by atoms with Crippen LogP contribution in [0.2, 0.25) is 0 Å². The lowest BCUT2D eigenvalue weighted by molar-refractivity contribution is -0.133. The molecule has 0 bridgehead atoms. The lowest BCUT2D eigenvalue weighted by atomic mass is 9.60. The van der Waals surface area contributed by atoms with E-state index >= 15 is 0 Å². The van der Waals surface area contributed by atoms with Crippen LogP contribution in [0.4, 0.5) is 0 Å². The summed E-state index contributed by atoms with van der Waals surface area (Å²) >= 11 is 0. The number of morpholine rings is 1. The molecule has 0 amide bonds. The van der Waals surface area contributed by atoms with Gasteiger partial charge in [0.2, 0.25) is 0 Å². The molecular formula is C16H30N2O2. The highest BCUT2D eigenvalue weighted by atomic mass is 16.5. The number of rotatable bonds is 5. The van der Waals surface area contributed by atoms with Gasteiger partial charge in [-0.25, -0.2) is 0 Å². The van der Waals surface area contributed by atoms with Gasteiger partial charge in [-0.15, -0.1) is 0 Å². The average Bonchev–Trinajstić information content (AvgIpc) is 2.94. The van der Waals surface area contributed by atoms with Crippen molar-refractivity contribution in [3.05, 3.63) is 0 Å². The summed E-state index contributed by atoms with van der Waals surface area (Å²) in [4.78, 5) is 2.37. The Balaban J connectivity index is 1.50. The molecule has 0 radical (unpaired) electrons. The van der Waals surface area contributed by atoms with Crippen LogP contribution in [0.5, 0.6) is 0 Å². The monoisotopic (exact) mass is 282 g/mol. The molecule has 1 aliphatic heterocycles. The topological polar surface area (TPSA) is 33.7 Å². The molecule has 0 aromatic carbocycles. The number of hydrogen-bond acceptors (Lipinski definition) is 4. The van der Waals surface area contributed by atoms with E-state index in [1.807, 2.05) is 0 Å². The second-order valence-corrected chi connectivity index (χ2v) is 6.84. The second-order valence-electron chi connectivity index (χ2n) is 6.84. The predicted octanol–water partition coefficient (Wildman–Crippen LogP) is 1.64. The number of likely N-dealkylation sites (N-methyl/N-ethyl adjacent to an activating group) is 1. The highest BCUT2D eigenvalue weighted by Gasteiger charge is 2.56. The van der Waals surface area contributed by atoms with Crippen LogP contribution in [0.3, 0.4) is 0 Å². The Kier molecular flexibility index (Phi) is 4.65. The summed E-state index contributed by atoms with van der Waals surface area (Å²) in [5.41, 5.74) is 0.441. The fourth-order valence-electron chi connectivity index (χ4n) is 4.44. The molecule has 0 aromatic rings. The molecule has 3 rings (SSSR count). The number of nitrogens with one attached hydrogen (secondary N) is 1. The number of ether oxygens (including phenoxy) is 2. The van der Waals surface area contributed by atoms with E-state index in [1.165, 1.54) is 32.1 Å². The molecule has 3 fully saturated rings. The zero-order valence-corrected chi connectivity index (χ0v) is 13.1. The SMILES string of the molecule is CCOC1CC(NCC2CN(C)CCO2)C12CCCC2. The molecular weight excluding hydrogens is 252 g/mol. The van der Waals surface area contributed by atoms with E-state index in [-0.39, 0.29) is 0 Å². The van der Waals surface area contributed by atoms with Gasteiger partial charge in [0.15, 0.2) is 0 Å². The number of hydrogen-bond donors (Lipinski definition) is 1. The third-order valence-corrected chi connectivity index (χ3v) is 5.62. The Labute approximate surface area is 123 Å². The first-order chi connectivity index (χ1) is 9.74. The lowest BCUT2D eigenvalue weighted by Gasteiger charge is -2.54. The van der Waals surface area contributed by atoms with Crippen molar-refractivity contribution >= 4 is 0 Å². The Morgan fingerprint density at radius 2 is 2.15 bits per heavy atom. The summed E-state index contributed by atoms with van der Waals surface area (Å²) < 4.78 is 11.8. The van der Waals surface area contributed by atoms with E-state index in [2.05, 4.69) is 24.2 Å². The van der Waals surface area contributed by atoms with Gasteiger partial charge in [0, 0.05) is 37.7 Å². The highest BCUT2D eigenvalue weighted by Crippen LogP contribution is 2.54. The predicted molar refractivity (Wildman–Crippen MR) is 80.0 cm³/mol. The zero-order chi connectivity index (χ0) is 14.0. The molecule has 4 nitrogen and oxygen atoms in total. The van der Waals surface area contributed by atoms with Gasteiger partial charge in [-0.2, -0.15) is 0 Å². The Hall–Kier alpha value is -0.160. The molecule has 20 heavy (non-hydrogen) atoms. The molecule has 0 aromatic heterocycles. The van der Waals surface area contributed by atoms with Gasteiger partial charge in [0.05, 0.1) is 18.8 Å². The summed E-state index contributed by atoms with van der Waals surface area (Å²) in [6.45, 7) is 6.97. The first-order valence-electron chi connectivity index (χ1n) is 8.40. The van der Waals surface area contributed by atoms with Gasteiger partial charge in [-0.05, 0) is 33.2 Å². The lowest BCUT2D eigenvalue weighted by Crippen LogP contribution is -2.64. The smallest absolute Gasteiger partial charge is 0.0826 e. The van der Waals surface area contributed by atoms with E-state index in [1.54, 1.807) is 0 Å². The van der Waals surface area contributed by atoms with Gasteiger partial charge >= 0.3 is 0 Å². The standard InChI is InChI=1S/C16H30N2O2/c1-3-19-15-10-14(16(15)6-4-5-7-16)17-11-13-12-18(2)8-9-20-13/h13-15,17H,3-12H2,1-2H3. The minimum Gasteiger partial charge on any atom is -0.378 e. The highest BCUT2D eigenvalue weighted by molar-refractivity contribution is 5.10. The largest absolute Gasteiger partial charge is 0.378 e. The van der Waals surface area contributed by atoms with Gasteiger partial charge < -0.3 is 19.7 Å². The summed E-state index contributed by atoms with van der Waals surface area (Å²) in [6.07, 6.45) is 7.51. The van der Waals surface area contributed by atoms with Crippen LogP contribution < -0.4 is 5.32 Å². The normalized spacial score (nSPS) is 37.2. The molecule has 1 heterocycles. The maximum absolute atomic E-state index is 5.98. The van der Waals surface area contributed by atoms with Crippen LogP contribution in [0.1, 0.15) is 39.0 Å². The van der Waals surface area contributed by atoms with Crippen molar-refractivity contribution in [1.29, 1.82) is 0 Å². The zero-order valence-electron chi connectivity index (χ0n) is 13.1. The Bertz CT molecular complexity index is 318. The van der Waals surface area contributed by atoms with Gasteiger partial charge in [-0.1, -0.05) is 12.8 Å². The third-order valence-electron chi connectivity index (χ3n) is 5.62. The fraction of sp³-hybridized carbons (Fsp3) is 1.00. The van der Waals surface area contributed by atoms with E-state index in [4.69, 9.17) is 9.47 Å². The molecule has 2 aliphatic carbocycles. The van der Waals surface area contributed by atoms with Crippen molar-refractivity contribution in [2.75, 3.05) is 39.9 Å². The molecule has 116 valence electrons. The van der Waals surface area contributed by atoms with Crippen molar-refractivity contribution in [1.82, 2.24) is 10.2 Å². The molecule has 3 atom stereocenters. The molecule has 3 unspecified atom stereocenters. The first kappa shape index (κ1) is 14.8. The van der Waals surface area contributed by atoms with Crippen LogP contribution in [0.15, 0.2) is 0 Å². The number of nitrogens with zero attached hydrogens (tertiary/aromatic N) is 1. The van der Waals surface area contributed by atoms with E-state index in [0.717, 1.165) is 32.8 Å². The van der Waals surface area contributed by atoms with Gasteiger partial charge in [-0.3, -0.25) is 0 Å². The van der Waals surface area contributed by atoms with Gasteiger partial charge in [0.1, 0.15) is 0 Å². The van der Waals surface area contributed by atoms with Crippen molar-refractivity contribution < 1.29 is 9.47 Å². The molecule has 3 aliphatic rings. The summed E-state index contributed by atoms with van der Waals surface area (Å²) in [6, 6.07) is 0.650. The molecule has 4 heteroatoms. The van der Waals surface area contributed by atoms with Crippen LogP contribution in [-0.2, 0) is 9.47 Å². The molecule has 2 saturated carbocycles. The molecule has 1 spiro atoms. The summed E-state index contributed by atoms with van der Waals surface area (Å²) in [5.74, 6) is 0. The molecule has 1 saturated heterocycles. The van der Waals surface area contributed by atoms with Gasteiger partial charge in [0.25, 0.3) is 0 Å². The van der Waals surface area contributed by atoms with Crippen LogP contribution in [0, 0.1) is 5.41 Å². The maximum atomic E-state index is 5.98. The van der Waals surface area contributed by atoms with Crippen LogP contribution in [0.25, 0.3) is 0 Å². The summed E-state index contributed by atoms with van der Waals surface area (Å²) in [5, 5.41) is 3.80. The Morgan fingerprint density at radius 3 is 2.85 bits per heavy atom. The van der Waals surface area contributed by atoms with E-state index < -0.39 is 0 Å². The summed E-state index contributed by atoms with van der Waals surface area (Å²) in [7, 11) is 2.18. The quantitative estimate of drug-likeness (QED) is 0.831. The second kappa shape index (κ2) is 6.30. The minimum absolute atomic E-state index is 0.360. The van der Waals surface area contributed by atoms with Crippen molar-refractivity contribution in [3.63, 3.8) is 0 Å². The maximum Gasteiger partial charge on any atom is 0.0826 e.